The molecule has 0 radical (unpaired) electrons. The van der Waals surface area contributed by atoms with E-state index in [1.165, 1.54) is 25.5 Å². The number of halogens is 2. The molecule has 1 aliphatic carbocycles. The first-order chi connectivity index (χ1) is 16.8. The summed E-state index contributed by atoms with van der Waals surface area (Å²) in [6, 6.07) is 6.45. The van der Waals surface area contributed by atoms with Crippen LogP contribution in [0.2, 0.25) is 5.02 Å². The molecule has 1 aliphatic heterocycles. The van der Waals surface area contributed by atoms with Gasteiger partial charge in [0.25, 0.3) is 5.91 Å². The lowest BCUT2D eigenvalue weighted by atomic mass is 9.93. The Morgan fingerprint density at radius 1 is 1.26 bits per heavy atom. The van der Waals surface area contributed by atoms with Crippen molar-refractivity contribution in [3.8, 4) is 5.75 Å². The van der Waals surface area contributed by atoms with Gasteiger partial charge in [-0.25, -0.2) is 9.37 Å². The number of aryl methyl sites for hydroxylation is 1. The number of carbonyl (C=O) groups excluding carboxylic acids is 2. The number of methoxy groups -OCH3 is 1. The van der Waals surface area contributed by atoms with E-state index >= 15 is 4.39 Å². The molecule has 0 saturated heterocycles. The maximum absolute atomic E-state index is 15.1. The van der Waals surface area contributed by atoms with Crippen molar-refractivity contribution < 1.29 is 18.7 Å². The van der Waals surface area contributed by atoms with E-state index in [1.54, 1.807) is 37.3 Å². The number of anilines is 2. The summed E-state index contributed by atoms with van der Waals surface area (Å²) in [7, 11) is 3.32. The third kappa shape index (κ3) is 5.35. The van der Waals surface area contributed by atoms with Gasteiger partial charge in [-0.2, -0.15) is 0 Å². The molecule has 2 amide bonds. The molecule has 0 bridgehead atoms. The monoisotopic (exact) mass is 497 g/mol. The number of likely N-dealkylation sites (N-methyl/N-ethyl adjacent to an activating group) is 1. The van der Waals surface area contributed by atoms with E-state index in [2.05, 4.69) is 20.6 Å². The van der Waals surface area contributed by atoms with Crippen LogP contribution in [0.5, 0.6) is 5.75 Å². The summed E-state index contributed by atoms with van der Waals surface area (Å²) in [5.41, 5.74) is 1.68. The minimum atomic E-state index is -1.56. The van der Waals surface area contributed by atoms with Gasteiger partial charge in [0.2, 0.25) is 5.91 Å². The van der Waals surface area contributed by atoms with E-state index in [0.29, 0.717) is 23.0 Å². The number of ether oxygens (including phenoxy) is 1. The third-order valence-corrected chi connectivity index (χ3v) is 5.94. The van der Waals surface area contributed by atoms with Crippen LogP contribution in [0.25, 0.3) is 0 Å². The standard InChI is InChI=1S/C25H25ClFN5O3/c1-14-10-18(25(34)30-21-7-5-16(26)13-29-21)22(20(11-14)35-3)31-24(33)17-6-4-15(12-19(17)27)23-28-8-9-32(23)2/h4-7,10-13,17,19H,8-9H2,1-3H3,(H,31,33)(H,29,30,34). The molecule has 8 nitrogen and oxygen atoms in total. The predicted octanol–water partition coefficient (Wildman–Crippen LogP) is 4.04. The number of nitrogens with zero attached hydrogens (tertiary/aromatic N) is 3. The zero-order valence-electron chi connectivity index (χ0n) is 19.5. The second-order valence-electron chi connectivity index (χ2n) is 8.27. The summed E-state index contributed by atoms with van der Waals surface area (Å²) in [6.45, 7) is 3.22. The van der Waals surface area contributed by atoms with Crippen molar-refractivity contribution in [2.75, 3.05) is 37.9 Å². The molecule has 2 unspecified atom stereocenters. The molecule has 0 saturated carbocycles. The number of alkyl halides is 1. The van der Waals surface area contributed by atoms with Crippen molar-refractivity contribution in [3.63, 3.8) is 0 Å². The van der Waals surface area contributed by atoms with Gasteiger partial charge in [0.1, 0.15) is 23.6 Å². The summed E-state index contributed by atoms with van der Waals surface area (Å²) in [5.74, 6) is -0.928. The number of hydrogen-bond acceptors (Lipinski definition) is 6. The van der Waals surface area contributed by atoms with Crippen LogP contribution in [0.3, 0.4) is 0 Å². The predicted molar refractivity (Wildman–Crippen MR) is 134 cm³/mol. The van der Waals surface area contributed by atoms with Crippen LogP contribution in [-0.2, 0) is 4.79 Å². The molecule has 0 fully saturated rings. The average molecular weight is 498 g/mol. The summed E-state index contributed by atoms with van der Waals surface area (Å²) in [6.07, 6.45) is 4.47. The number of nitrogens with one attached hydrogen (secondary N) is 2. The van der Waals surface area contributed by atoms with Crippen molar-refractivity contribution in [3.05, 3.63) is 70.4 Å². The van der Waals surface area contributed by atoms with Crippen LogP contribution in [0.4, 0.5) is 15.9 Å². The highest BCUT2D eigenvalue weighted by molar-refractivity contribution is 6.30. The highest BCUT2D eigenvalue weighted by Gasteiger charge is 2.31. The van der Waals surface area contributed by atoms with Crippen molar-refractivity contribution >= 4 is 40.8 Å². The minimum absolute atomic E-state index is 0.143. The molecule has 2 aliphatic rings. The van der Waals surface area contributed by atoms with E-state index in [-0.39, 0.29) is 22.8 Å². The minimum Gasteiger partial charge on any atom is -0.495 e. The maximum atomic E-state index is 15.1. The Bertz CT molecular complexity index is 1240. The fourth-order valence-electron chi connectivity index (χ4n) is 3.93. The summed E-state index contributed by atoms with van der Waals surface area (Å²) < 4.78 is 20.5. The number of rotatable bonds is 6. The van der Waals surface area contributed by atoms with Gasteiger partial charge in [0, 0.05) is 25.4 Å². The lowest BCUT2D eigenvalue weighted by molar-refractivity contribution is -0.119. The Morgan fingerprint density at radius 3 is 2.69 bits per heavy atom. The van der Waals surface area contributed by atoms with E-state index in [4.69, 9.17) is 16.3 Å². The van der Waals surface area contributed by atoms with Crippen LogP contribution < -0.4 is 15.4 Å². The normalized spacial score (nSPS) is 19.2. The Balaban J connectivity index is 1.57. The molecule has 1 aromatic carbocycles. The number of amides is 2. The van der Waals surface area contributed by atoms with Gasteiger partial charge in [0.05, 0.1) is 35.8 Å². The molecule has 2 heterocycles. The number of benzene rings is 1. The van der Waals surface area contributed by atoms with Crippen molar-refractivity contribution in [1.82, 2.24) is 9.88 Å². The summed E-state index contributed by atoms with van der Waals surface area (Å²) >= 11 is 5.86. The lowest BCUT2D eigenvalue weighted by Gasteiger charge is -2.23. The summed E-state index contributed by atoms with van der Waals surface area (Å²) in [4.78, 5) is 36.6. The number of carbonyl (C=O) groups is 2. The van der Waals surface area contributed by atoms with Crippen LogP contribution in [-0.4, -0.2) is 61.0 Å². The summed E-state index contributed by atoms with van der Waals surface area (Å²) in [5, 5.41) is 5.80. The number of aromatic nitrogens is 1. The molecule has 2 N–H and O–H groups in total. The van der Waals surface area contributed by atoms with Crippen molar-refractivity contribution in [1.29, 1.82) is 0 Å². The SMILES string of the molecule is COc1cc(C)cc(C(=O)Nc2ccc(Cl)cn2)c1NC(=O)C1C=CC(C2=NCCN2C)=CC1F. The second-order valence-corrected chi connectivity index (χ2v) is 8.71. The lowest BCUT2D eigenvalue weighted by Crippen LogP contribution is -2.32. The smallest absolute Gasteiger partial charge is 0.259 e. The van der Waals surface area contributed by atoms with Crippen LogP contribution in [0.1, 0.15) is 15.9 Å². The van der Waals surface area contributed by atoms with E-state index in [0.717, 1.165) is 12.1 Å². The van der Waals surface area contributed by atoms with Crippen molar-refractivity contribution in [2.45, 2.75) is 13.1 Å². The van der Waals surface area contributed by atoms with E-state index in [9.17, 15) is 9.59 Å². The van der Waals surface area contributed by atoms with E-state index in [1.807, 2.05) is 11.9 Å². The molecular formula is C25H25ClFN5O3. The Kier molecular flexibility index (Phi) is 7.16. The number of allylic oxidation sites excluding steroid dienone is 1. The second kappa shape index (κ2) is 10.3. The van der Waals surface area contributed by atoms with Crippen LogP contribution >= 0.6 is 11.6 Å². The number of hydrogen-bond donors (Lipinski definition) is 2. The van der Waals surface area contributed by atoms with Crippen LogP contribution in [0.15, 0.2) is 59.3 Å². The van der Waals surface area contributed by atoms with Gasteiger partial charge < -0.3 is 20.3 Å². The van der Waals surface area contributed by atoms with Gasteiger partial charge >= 0.3 is 0 Å². The highest BCUT2D eigenvalue weighted by Crippen LogP contribution is 2.33. The van der Waals surface area contributed by atoms with Gasteiger partial charge in [-0.05, 0) is 42.8 Å². The molecule has 1 aromatic heterocycles. The molecule has 182 valence electrons. The first-order valence-electron chi connectivity index (χ1n) is 11.0. The molecule has 10 heteroatoms. The average Bonchev–Trinajstić information content (AvgIpc) is 3.26. The Labute approximate surface area is 207 Å². The fourth-order valence-corrected chi connectivity index (χ4v) is 4.04. The molecule has 4 rings (SSSR count). The van der Waals surface area contributed by atoms with E-state index < -0.39 is 23.9 Å². The Hall–Kier alpha value is -3.72. The number of amidine groups is 1. The highest BCUT2D eigenvalue weighted by atomic mass is 35.5. The molecule has 0 spiro atoms. The van der Waals surface area contributed by atoms with Crippen LogP contribution in [0, 0.1) is 12.8 Å². The van der Waals surface area contributed by atoms with Gasteiger partial charge in [0.15, 0.2) is 0 Å². The molecule has 2 aromatic rings. The maximum Gasteiger partial charge on any atom is 0.259 e. The first kappa shape index (κ1) is 24.4. The molecule has 35 heavy (non-hydrogen) atoms. The Morgan fingerprint density at radius 2 is 2.06 bits per heavy atom. The van der Waals surface area contributed by atoms with Crippen molar-refractivity contribution in [2.24, 2.45) is 10.9 Å². The third-order valence-electron chi connectivity index (χ3n) is 5.71. The number of aliphatic imine (C=N–C) groups is 1. The zero-order chi connectivity index (χ0) is 25.1. The fraction of sp³-hybridized carbons (Fsp3) is 0.280. The first-order valence-corrected chi connectivity index (χ1v) is 11.4. The zero-order valence-corrected chi connectivity index (χ0v) is 20.3. The van der Waals surface area contributed by atoms with Gasteiger partial charge in [-0.15, -0.1) is 0 Å². The quantitative estimate of drug-likeness (QED) is 0.628. The molecular weight excluding hydrogens is 473 g/mol. The van der Waals surface area contributed by atoms with Gasteiger partial charge in [-0.1, -0.05) is 23.8 Å². The molecule has 2 atom stereocenters. The number of pyridine rings is 1. The van der Waals surface area contributed by atoms with Gasteiger partial charge in [-0.3, -0.25) is 14.6 Å². The topological polar surface area (TPSA) is 95.9 Å². The largest absolute Gasteiger partial charge is 0.495 e.